The molecule has 1 aliphatic carbocycles. The lowest BCUT2D eigenvalue weighted by atomic mass is 9.89. The van der Waals surface area contributed by atoms with E-state index in [9.17, 15) is 9.59 Å². The molecule has 0 radical (unpaired) electrons. The van der Waals surface area contributed by atoms with E-state index in [2.05, 4.69) is 13.0 Å². The van der Waals surface area contributed by atoms with Crippen molar-refractivity contribution in [1.29, 1.82) is 0 Å². The molecule has 2 aromatic rings. The van der Waals surface area contributed by atoms with Crippen molar-refractivity contribution in [2.24, 2.45) is 5.92 Å². The predicted octanol–water partition coefficient (Wildman–Crippen LogP) is 4.71. The summed E-state index contributed by atoms with van der Waals surface area (Å²) in [5, 5.41) is 0. The fourth-order valence-corrected chi connectivity index (χ4v) is 4.15. The van der Waals surface area contributed by atoms with E-state index in [-0.39, 0.29) is 29.8 Å². The molecule has 27 heavy (non-hydrogen) atoms. The van der Waals surface area contributed by atoms with E-state index in [1.807, 2.05) is 65.3 Å². The maximum Gasteiger partial charge on any atom is 0.230 e. The molecular formula is C23H26N2O2. The topological polar surface area (TPSA) is 40.6 Å². The van der Waals surface area contributed by atoms with Gasteiger partial charge in [0.25, 0.3) is 0 Å². The van der Waals surface area contributed by atoms with Crippen LogP contribution in [-0.2, 0) is 9.59 Å². The highest BCUT2D eigenvalue weighted by Gasteiger charge is 2.42. The van der Waals surface area contributed by atoms with Crippen molar-refractivity contribution in [1.82, 2.24) is 0 Å². The third-order valence-electron chi connectivity index (χ3n) is 5.64. The molecule has 1 heterocycles. The van der Waals surface area contributed by atoms with Crippen molar-refractivity contribution in [3.05, 3.63) is 60.2 Å². The molecule has 1 fully saturated rings. The molecule has 4 heteroatoms. The molecule has 4 rings (SSSR count). The normalized spacial score (nSPS) is 21.5. The number of amides is 2. The molecule has 140 valence electrons. The van der Waals surface area contributed by atoms with E-state index in [0.717, 1.165) is 36.2 Å². The zero-order valence-electron chi connectivity index (χ0n) is 16.0. The minimum absolute atomic E-state index is 0.0485. The van der Waals surface area contributed by atoms with Gasteiger partial charge in [-0.05, 0) is 49.9 Å². The first-order valence-corrected chi connectivity index (χ1v) is 9.91. The van der Waals surface area contributed by atoms with Gasteiger partial charge in [-0.2, -0.15) is 0 Å². The monoisotopic (exact) mass is 362 g/mol. The Morgan fingerprint density at radius 2 is 1.70 bits per heavy atom. The quantitative estimate of drug-likeness (QED) is 0.790. The Morgan fingerprint density at radius 1 is 1.04 bits per heavy atom. The van der Waals surface area contributed by atoms with Crippen molar-refractivity contribution in [2.45, 2.75) is 51.6 Å². The summed E-state index contributed by atoms with van der Waals surface area (Å²) >= 11 is 0. The van der Waals surface area contributed by atoms with E-state index in [0.29, 0.717) is 6.42 Å². The van der Waals surface area contributed by atoms with Gasteiger partial charge >= 0.3 is 0 Å². The fraction of sp³-hybridized carbons (Fsp3) is 0.391. The lowest BCUT2D eigenvalue weighted by molar-refractivity contribution is -0.120. The smallest absolute Gasteiger partial charge is 0.230 e. The van der Waals surface area contributed by atoms with Crippen LogP contribution in [0.2, 0.25) is 0 Å². The summed E-state index contributed by atoms with van der Waals surface area (Å²) in [6.07, 6.45) is 3.18. The van der Waals surface area contributed by atoms with Crippen molar-refractivity contribution in [3.63, 3.8) is 0 Å². The molecule has 0 unspecified atom stereocenters. The highest BCUT2D eigenvalue weighted by molar-refractivity contribution is 5.99. The number of nitrogens with zero attached hydrogens (tertiary/aromatic N) is 2. The molecule has 4 nitrogen and oxygen atoms in total. The van der Waals surface area contributed by atoms with Gasteiger partial charge in [0, 0.05) is 29.8 Å². The van der Waals surface area contributed by atoms with E-state index < -0.39 is 0 Å². The first-order valence-electron chi connectivity index (χ1n) is 9.91. The van der Waals surface area contributed by atoms with E-state index in [1.54, 1.807) is 0 Å². The number of fused-ring (bicyclic) bond motifs is 1. The number of rotatable bonds is 4. The number of benzene rings is 2. The molecule has 2 aliphatic rings. The van der Waals surface area contributed by atoms with E-state index >= 15 is 0 Å². The molecule has 2 amide bonds. The van der Waals surface area contributed by atoms with Crippen LogP contribution in [0.15, 0.2) is 54.6 Å². The molecular weight excluding hydrogens is 336 g/mol. The number of carbonyl (C=O) groups excluding carboxylic acids is 2. The third kappa shape index (κ3) is 3.25. The first kappa shape index (κ1) is 17.8. The summed E-state index contributed by atoms with van der Waals surface area (Å²) < 4.78 is 0. The average molecular weight is 362 g/mol. The zero-order chi connectivity index (χ0) is 19.0. The maximum atomic E-state index is 13.2. The van der Waals surface area contributed by atoms with Gasteiger partial charge in [0.1, 0.15) is 0 Å². The lowest BCUT2D eigenvalue weighted by Crippen LogP contribution is -2.48. The zero-order valence-corrected chi connectivity index (χ0v) is 16.0. The van der Waals surface area contributed by atoms with Crippen LogP contribution < -0.4 is 9.80 Å². The van der Waals surface area contributed by atoms with Crippen LogP contribution >= 0.6 is 0 Å². The summed E-state index contributed by atoms with van der Waals surface area (Å²) in [5.74, 6) is 0.486. The molecule has 2 atom stereocenters. The summed E-state index contributed by atoms with van der Waals surface area (Å²) in [6, 6.07) is 18.0. The Hall–Kier alpha value is -2.62. The van der Waals surface area contributed by atoms with Crippen LogP contribution in [0.1, 0.15) is 51.1 Å². The molecule has 2 aromatic carbocycles. The van der Waals surface area contributed by atoms with Gasteiger partial charge in [0.15, 0.2) is 0 Å². The summed E-state index contributed by atoms with van der Waals surface area (Å²) in [5.41, 5.74) is 2.95. The number of hydrogen-bond acceptors (Lipinski definition) is 2. The molecule has 0 aromatic heterocycles. The van der Waals surface area contributed by atoms with Gasteiger partial charge < -0.3 is 9.80 Å². The van der Waals surface area contributed by atoms with Gasteiger partial charge in [-0.15, -0.1) is 0 Å². The molecule has 0 saturated heterocycles. The Bertz CT molecular complexity index is 844. The van der Waals surface area contributed by atoms with Crippen LogP contribution in [0.5, 0.6) is 0 Å². The third-order valence-corrected chi connectivity index (χ3v) is 5.64. The van der Waals surface area contributed by atoms with Crippen molar-refractivity contribution in [3.8, 4) is 0 Å². The van der Waals surface area contributed by atoms with Crippen LogP contribution in [-0.4, -0.2) is 17.9 Å². The second-order valence-electron chi connectivity index (χ2n) is 7.59. The molecule has 1 aliphatic heterocycles. The molecule has 0 spiro atoms. The highest BCUT2D eigenvalue weighted by atomic mass is 16.2. The number of hydrogen-bond donors (Lipinski definition) is 0. The Balaban J connectivity index is 1.80. The van der Waals surface area contributed by atoms with Gasteiger partial charge in [0.05, 0.1) is 6.04 Å². The van der Waals surface area contributed by atoms with Crippen molar-refractivity contribution >= 4 is 23.2 Å². The van der Waals surface area contributed by atoms with Crippen molar-refractivity contribution in [2.75, 3.05) is 9.80 Å². The predicted molar refractivity (Wildman–Crippen MR) is 108 cm³/mol. The Labute approximate surface area is 160 Å². The molecule has 0 bridgehead atoms. The number of anilines is 2. The summed E-state index contributed by atoms with van der Waals surface area (Å²) in [4.78, 5) is 29.7. The fourth-order valence-electron chi connectivity index (χ4n) is 4.15. The second-order valence-corrected chi connectivity index (χ2v) is 7.59. The highest BCUT2D eigenvalue weighted by Crippen LogP contribution is 2.44. The maximum absolute atomic E-state index is 13.2. The summed E-state index contributed by atoms with van der Waals surface area (Å²) in [6.45, 7) is 3.98. The molecule has 0 N–H and O–H groups in total. The largest absolute Gasteiger partial charge is 0.309 e. The van der Waals surface area contributed by atoms with Gasteiger partial charge in [0.2, 0.25) is 11.8 Å². The Morgan fingerprint density at radius 3 is 2.37 bits per heavy atom. The van der Waals surface area contributed by atoms with E-state index in [4.69, 9.17) is 0 Å². The minimum Gasteiger partial charge on any atom is -0.309 e. The van der Waals surface area contributed by atoms with Gasteiger partial charge in [-0.1, -0.05) is 43.3 Å². The summed E-state index contributed by atoms with van der Waals surface area (Å²) in [7, 11) is 0. The SMILES string of the molecule is CCC(=O)N1c2ccccc2[C@@H](N(C(=O)C2CC2)c2ccccc2)C[C@@H]1C. The second kappa shape index (κ2) is 7.18. The average Bonchev–Trinajstić information content (AvgIpc) is 3.54. The van der Waals surface area contributed by atoms with Gasteiger partial charge in [-0.3, -0.25) is 9.59 Å². The standard InChI is InChI=1S/C23H26N2O2/c1-3-22(26)24-16(2)15-21(19-11-7-8-12-20(19)24)25(23(27)17-13-14-17)18-9-5-4-6-10-18/h4-12,16-17,21H,3,13-15H2,1-2H3/t16-,21-/m0/s1. The van der Waals surface area contributed by atoms with E-state index in [1.165, 1.54) is 0 Å². The molecule has 1 saturated carbocycles. The van der Waals surface area contributed by atoms with Crippen LogP contribution in [0.4, 0.5) is 11.4 Å². The van der Waals surface area contributed by atoms with Gasteiger partial charge in [-0.25, -0.2) is 0 Å². The Kier molecular flexibility index (Phi) is 4.73. The van der Waals surface area contributed by atoms with Crippen LogP contribution in [0.25, 0.3) is 0 Å². The lowest BCUT2D eigenvalue weighted by Gasteiger charge is -2.43. The van der Waals surface area contributed by atoms with Crippen LogP contribution in [0.3, 0.4) is 0 Å². The first-order chi connectivity index (χ1) is 13.1. The van der Waals surface area contributed by atoms with Crippen molar-refractivity contribution < 1.29 is 9.59 Å². The van der Waals surface area contributed by atoms with Crippen LogP contribution in [0, 0.1) is 5.92 Å². The number of para-hydroxylation sites is 2. The number of carbonyl (C=O) groups is 2. The minimum atomic E-state index is -0.0485.